The van der Waals surface area contributed by atoms with E-state index in [-0.39, 0.29) is 0 Å². The van der Waals surface area contributed by atoms with Crippen LogP contribution in [-0.4, -0.2) is 39.0 Å². The predicted octanol–water partition coefficient (Wildman–Crippen LogP) is 0.189. The van der Waals surface area contributed by atoms with E-state index >= 15 is 0 Å². The maximum Gasteiger partial charge on any atom is 0.331 e. The Morgan fingerprint density at radius 1 is 1.00 bits per heavy atom. The fraction of sp³-hybridized carbons (Fsp3) is 1.00. The monoisotopic (exact) mass is 159 g/mol. The van der Waals surface area contributed by atoms with Crippen LogP contribution in [0.1, 0.15) is 0 Å². The molecule has 0 bridgehead atoms. The van der Waals surface area contributed by atoms with Gasteiger partial charge in [-0.3, -0.25) is 0 Å². The van der Waals surface area contributed by atoms with Crippen LogP contribution >= 0.6 is 0 Å². The van der Waals surface area contributed by atoms with Crippen molar-refractivity contribution < 1.29 is 22.8 Å². The molecule has 0 aromatic heterocycles. The number of alkyl halides is 3. The maximum atomic E-state index is 9.80. The van der Waals surface area contributed by atoms with Crippen LogP contribution in [0.3, 0.4) is 0 Å². The fourth-order valence-corrected chi connectivity index (χ4v) is 0. The smallest absolute Gasteiger partial charge is 0.331 e. The van der Waals surface area contributed by atoms with Crippen LogP contribution in [0.5, 0.6) is 0 Å². The normalized spacial score (nSPS) is 12.0. The van der Waals surface area contributed by atoms with Crippen molar-refractivity contribution in [3.8, 4) is 0 Å². The van der Waals surface area contributed by atoms with Crippen LogP contribution in [0.4, 0.5) is 13.2 Å². The second kappa shape index (κ2) is 3.78. The molecular formula is C5H12F3NO. The first kappa shape index (κ1) is 12.4. The molecule has 0 heterocycles. The van der Waals surface area contributed by atoms with Crippen molar-refractivity contribution in [3.63, 3.8) is 0 Å². The molecule has 0 saturated carbocycles. The molecule has 5 heteroatoms. The van der Waals surface area contributed by atoms with E-state index in [0.717, 1.165) is 4.48 Å². The van der Waals surface area contributed by atoms with Gasteiger partial charge < -0.3 is 9.59 Å². The van der Waals surface area contributed by atoms with Gasteiger partial charge in [-0.1, -0.05) is 0 Å². The van der Waals surface area contributed by atoms with E-state index in [1.54, 1.807) is 0 Å². The molecule has 0 aliphatic rings. The van der Waals surface area contributed by atoms with E-state index in [9.17, 15) is 13.2 Å². The molecular weight excluding hydrogens is 147 g/mol. The Bertz CT molecular complexity index is 59.9. The quantitative estimate of drug-likeness (QED) is 0.463. The molecule has 0 spiro atoms. The van der Waals surface area contributed by atoms with Crippen LogP contribution in [0.2, 0.25) is 0 Å². The zero-order valence-corrected chi connectivity index (χ0v) is 6.49. The molecule has 0 rings (SSSR count). The molecule has 0 aliphatic carbocycles. The highest BCUT2D eigenvalue weighted by molar-refractivity contribution is 4.01. The molecule has 0 fully saturated rings. The molecule has 0 aromatic rings. The highest BCUT2D eigenvalue weighted by Gasteiger charge is 2.04. The van der Waals surface area contributed by atoms with Gasteiger partial charge in [0.05, 0.1) is 28.2 Å². The summed E-state index contributed by atoms with van der Waals surface area (Å²) in [7, 11) is 8.50. The average molecular weight is 159 g/mol. The van der Waals surface area contributed by atoms with Crippen molar-refractivity contribution in [2.24, 2.45) is 0 Å². The number of hydrogen-bond donors (Lipinski definition) is 0. The van der Waals surface area contributed by atoms with Crippen molar-refractivity contribution in [2.75, 3.05) is 28.2 Å². The molecule has 2 nitrogen and oxygen atoms in total. The summed E-state index contributed by atoms with van der Waals surface area (Å²) in [4.78, 5) is 0. The maximum absolute atomic E-state index is 9.80. The molecule has 0 aliphatic heterocycles. The van der Waals surface area contributed by atoms with Crippen LogP contribution in [0, 0.1) is 0 Å². The van der Waals surface area contributed by atoms with Crippen LogP contribution in [0.25, 0.3) is 0 Å². The zero-order chi connectivity index (χ0) is 9.00. The second-order valence-electron chi connectivity index (χ2n) is 3.13. The molecule has 0 radical (unpaired) electrons. The third-order valence-electron chi connectivity index (χ3n) is 0. The fourth-order valence-electron chi connectivity index (χ4n) is 0. The van der Waals surface area contributed by atoms with Crippen molar-refractivity contribution in [1.29, 1.82) is 0 Å². The van der Waals surface area contributed by atoms with Gasteiger partial charge in [0.25, 0.3) is 0 Å². The van der Waals surface area contributed by atoms with E-state index in [1.807, 2.05) is 0 Å². The van der Waals surface area contributed by atoms with Gasteiger partial charge in [0.1, 0.15) is 0 Å². The summed E-state index contributed by atoms with van der Waals surface area (Å²) in [5.41, 5.74) is 0. The molecule has 0 atom stereocenters. The number of quaternary nitrogens is 1. The first-order chi connectivity index (χ1) is 4.00. The Labute approximate surface area is 58.5 Å². The number of halogens is 3. The Morgan fingerprint density at radius 3 is 1.00 bits per heavy atom. The highest BCUT2D eigenvalue weighted by Crippen LogP contribution is 2.00. The van der Waals surface area contributed by atoms with Gasteiger partial charge >= 0.3 is 6.36 Å². The lowest BCUT2D eigenvalue weighted by Crippen LogP contribution is -2.27. The summed E-state index contributed by atoms with van der Waals surface area (Å²) in [6.45, 7) is 0. The van der Waals surface area contributed by atoms with Gasteiger partial charge in [0, 0.05) is 0 Å². The lowest BCUT2D eigenvalue weighted by Gasteiger charge is -2.14. The highest BCUT2D eigenvalue weighted by atomic mass is 19.4. The van der Waals surface area contributed by atoms with E-state index in [2.05, 4.69) is 28.2 Å². The van der Waals surface area contributed by atoms with Crippen LogP contribution in [0.15, 0.2) is 0 Å². The third kappa shape index (κ3) is 4130. The number of hydrogen-bond acceptors (Lipinski definition) is 1. The van der Waals surface area contributed by atoms with Gasteiger partial charge in [-0.15, -0.1) is 0 Å². The summed E-state index contributed by atoms with van der Waals surface area (Å²) in [6.07, 6.45) is -5.25. The minimum atomic E-state index is -5.25. The lowest BCUT2D eigenvalue weighted by molar-refractivity contribution is -0.849. The van der Waals surface area contributed by atoms with Gasteiger partial charge in [0.2, 0.25) is 0 Å². The van der Waals surface area contributed by atoms with E-state index < -0.39 is 6.36 Å². The minimum absolute atomic E-state index is 1.00. The minimum Gasteiger partial charge on any atom is -0.771 e. The molecule has 0 saturated heterocycles. The SMILES string of the molecule is C[N+](C)(C)C.[O-]C(F)(F)F. The van der Waals surface area contributed by atoms with Crippen molar-refractivity contribution in [1.82, 2.24) is 0 Å². The first-order valence-corrected chi connectivity index (χ1v) is 2.56. The second-order valence-corrected chi connectivity index (χ2v) is 3.13. The topological polar surface area (TPSA) is 23.1 Å². The average Bonchev–Trinajstić information content (AvgIpc) is 1.12. The van der Waals surface area contributed by atoms with Crippen LogP contribution < -0.4 is 5.11 Å². The van der Waals surface area contributed by atoms with Gasteiger partial charge in [0.15, 0.2) is 0 Å². The Morgan fingerprint density at radius 2 is 1.00 bits per heavy atom. The molecule has 10 heavy (non-hydrogen) atoms. The molecule has 0 aromatic carbocycles. The van der Waals surface area contributed by atoms with Crippen LogP contribution in [-0.2, 0) is 0 Å². The molecule has 0 unspecified atom stereocenters. The summed E-state index contributed by atoms with van der Waals surface area (Å²) in [6, 6.07) is 0. The van der Waals surface area contributed by atoms with E-state index in [0.29, 0.717) is 0 Å². The molecule has 64 valence electrons. The molecule has 0 N–H and O–H groups in total. The summed E-state index contributed by atoms with van der Waals surface area (Å²) < 4.78 is 30.4. The number of rotatable bonds is 0. The Hall–Kier alpha value is -0.290. The third-order valence-corrected chi connectivity index (χ3v) is 0. The standard InChI is InChI=1S/C4H12N.CF3O/c1-5(2,3)4;2-1(3,4)5/h1-4H3;/q+1;-1. The largest absolute Gasteiger partial charge is 0.771 e. The van der Waals surface area contributed by atoms with Gasteiger partial charge in [-0.25, -0.2) is 0 Å². The van der Waals surface area contributed by atoms with Gasteiger partial charge in [-0.05, 0) is 0 Å². The van der Waals surface area contributed by atoms with Crippen molar-refractivity contribution in [2.45, 2.75) is 6.36 Å². The Balaban J connectivity index is 0. The van der Waals surface area contributed by atoms with Crippen molar-refractivity contribution >= 4 is 0 Å². The summed E-state index contributed by atoms with van der Waals surface area (Å²) in [5, 5.41) is 8.10. The lowest BCUT2D eigenvalue weighted by atomic mass is 10.8. The summed E-state index contributed by atoms with van der Waals surface area (Å²) >= 11 is 0. The number of nitrogens with zero attached hydrogens (tertiary/aromatic N) is 1. The van der Waals surface area contributed by atoms with Gasteiger partial charge in [-0.2, -0.15) is 13.2 Å². The predicted molar refractivity (Wildman–Crippen MR) is 30.0 cm³/mol. The van der Waals surface area contributed by atoms with E-state index in [1.165, 1.54) is 0 Å². The molecule has 0 amide bonds. The van der Waals surface area contributed by atoms with E-state index in [4.69, 9.17) is 5.11 Å². The Kier molecular flexibility index (Phi) is 4.68. The van der Waals surface area contributed by atoms with Crippen molar-refractivity contribution in [3.05, 3.63) is 0 Å². The summed E-state index contributed by atoms with van der Waals surface area (Å²) in [5.74, 6) is 0. The first-order valence-electron chi connectivity index (χ1n) is 2.56. The zero-order valence-electron chi connectivity index (χ0n) is 6.49.